The van der Waals surface area contributed by atoms with E-state index in [-0.39, 0.29) is 11.2 Å². The molecule has 0 fully saturated rings. The Kier molecular flexibility index (Phi) is 2.74. The van der Waals surface area contributed by atoms with Crippen LogP contribution in [0.5, 0.6) is 11.6 Å². The highest BCUT2D eigenvalue weighted by atomic mass is 35.5. The summed E-state index contributed by atoms with van der Waals surface area (Å²) in [4.78, 5) is 14.8. The molecule has 0 spiro atoms. The lowest BCUT2D eigenvalue weighted by atomic mass is 10.2. The van der Waals surface area contributed by atoms with E-state index in [9.17, 15) is 0 Å². The van der Waals surface area contributed by atoms with Gasteiger partial charge in [-0.3, -0.25) is 0 Å². The third-order valence-corrected chi connectivity index (χ3v) is 2.59. The van der Waals surface area contributed by atoms with Crippen LogP contribution in [0.25, 0.3) is 11.2 Å². The van der Waals surface area contributed by atoms with Gasteiger partial charge in [-0.15, -0.1) is 0 Å². The zero-order chi connectivity index (χ0) is 13.2. The highest BCUT2D eigenvalue weighted by Crippen LogP contribution is 2.26. The first kappa shape index (κ1) is 11.4. The Morgan fingerprint density at radius 1 is 1.21 bits per heavy atom. The normalized spacial score (nSPS) is 10.3. The molecule has 6 nitrogen and oxygen atoms in total. The van der Waals surface area contributed by atoms with Crippen LogP contribution in [0.3, 0.4) is 0 Å². The molecule has 0 unspecified atom stereocenters. The summed E-state index contributed by atoms with van der Waals surface area (Å²) in [6.45, 7) is 0. The van der Waals surface area contributed by atoms with Gasteiger partial charge in [-0.25, -0.2) is 4.98 Å². The minimum absolute atomic E-state index is 0.0586. The van der Waals surface area contributed by atoms with Crippen molar-refractivity contribution in [2.45, 2.75) is 0 Å². The molecule has 0 aliphatic carbocycles. The SMILES string of the molecule is N#Cc1ccc(Oc2nc(Cl)nc3nc[nH]c23)cc1. The number of rotatable bonds is 2. The molecule has 0 atom stereocenters. The van der Waals surface area contributed by atoms with Crippen molar-refractivity contribution < 1.29 is 4.74 Å². The van der Waals surface area contributed by atoms with Gasteiger partial charge in [0, 0.05) is 0 Å². The molecule has 3 aromatic rings. The number of aromatic nitrogens is 4. The first-order valence-corrected chi connectivity index (χ1v) is 5.69. The van der Waals surface area contributed by atoms with Crippen molar-refractivity contribution in [1.29, 1.82) is 5.26 Å². The minimum atomic E-state index is 0.0586. The molecular formula is C12H6ClN5O. The van der Waals surface area contributed by atoms with E-state index >= 15 is 0 Å². The highest BCUT2D eigenvalue weighted by molar-refractivity contribution is 6.28. The Labute approximate surface area is 112 Å². The Balaban J connectivity index is 2.00. The topological polar surface area (TPSA) is 87.5 Å². The van der Waals surface area contributed by atoms with Crippen LogP contribution in [0.2, 0.25) is 5.28 Å². The zero-order valence-corrected chi connectivity index (χ0v) is 10.2. The zero-order valence-electron chi connectivity index (χ0n) is 9.46. The van der Waals surface area contributed by atoms with Crippen LogP contribution in [0.4, 0.5) is 0 Å². The predicted molar refractivity (Wildman–Crippen MR) is 67.9 cm³/mol. The van der Waals surface area contributed by atoms with Gasteiger partial charge >= 0.3 is 0 Å². The molecule has 0 saturated heterocycles. The van der Waals surface area contributed by atoms with Gasteiger partial charge in [-0.2, -0.15) is 15.2 Å². The van der Waals surface area contributed by atoms with Crippen molar-refractivity contribution >= 4 is 22.8 Å². The van der Waals surface area contributed by atoms with Gasteiger partial charge in [-0.05, 0) is 35.9 Å². The first-order chi connectivity index (χ1) is 9.26. The number of fused-ring (bicyclic) bond motifs is 1. The molecule has 0 aliphatic heterocycles. The van der Waals surface area contributed by atoms with Crippen molar-refractivity contribution in [3.63, 3.8) is 0 Å². The number of nitrogens with one attached hydrogen (secondary N) is 1. The van der Waals surface area contributed by atoms with E-state index in [0.717, 1.165) is 0 Å². The van der Waals surface area contributed by atoms with Crippen molar-refractivity contribution in [2.24, 2.45) is 0 Å². The maximum atomic E-state index is 8.73. The fraction of sp³-hybridized carbons (Fsp3) is 0. The van der Waals surface area contributed by atoms with Gasteiger partial charge in [0.25, 0.3) is 0 Å². The molecule has 3 rings (SSSR count). The third kappa shape index (κ3) is 2.19. The largest absolute Gasteiger partial charge is 0.437 e. The molecular weight excluding hydrogens is 266 g/mol. The lowest BCUT2D eigenvalue weighted by molar-refractivity contribution is 0.467. The smallest absolute Gasteiger partial charge is 0.250 e. The van der Waals surface area contributed by atoms with Crippen molar-refractivity contribution in [1.82, 2.24) is 19.9 Å². The van der Waals surface area contributed by atoms with Gasteiger partial charge in [0.15, 0.2) is 5.65 Å². The molecule has 7 heteroatoms. The number of hydrogen-bond acceptors (Lipinski definition) is 5. The maximum Gasteiger partial charge on any atom is 0.250 e. The van der Waals surface area contributed by atoms with E-state index < -0.39 is 0 Å². The number of halogens is 1. The second-order valence-corrected chi connectivity index (χ2v) is 3.98. The maximum absolute atomic E-state index is 8.73. The Hall–Kier alpha value is -2.65. The van der Waals surface area contributed by atoms with E-state index in [1.807, 2.05) is 6.07 Å². The average molecular weight is 272 g/mol. The Morgan fingerprint density at radius 2 is 2.00 bits per heavy atom. The number of benzene rings is 1. The number of hydrogen-bond donors (Lipinski definition) is 1. The number of aromatic amines is 1. The van der Waals surface area contributed by atoms with Crippen LogP contribution in [-0.2, 0) is 0 Å². The molecule has 2 heterocycles. The number of H-pyrrole nitrogens is 1. The predicted octanol–water partition coefficient (Wildman–Crippen LogP) is 2.67. The van der Waals surface area contributed by atoms with Crippen LogP contribution >= 0.6 is 11.6 Å². The summed E-state index contributed by atoms with van der Waals surface area (Å²) in [6.07, 6.45) is 1.49. The Morgan fingerprint density at radius 3 is 2.74 bits per heavy atom. The number of imidazole rings is 1. The fourth-order valence-electron chi connectivity index (χ4n) is 1.56. The fourth-order valence-corrected chi connectivity index (χ4v) is 1.72. The summed E-state index contributed by atoms with van der Waals surface area (Å²) in [5.74, 6) is 0.835. The molecule has 0 amide bonds. The minimum Gasteiger partial charge on any atom is -0.437 e. The molecule has 0 radical (unpaired) electrons. The standard InChI is InChI=1S/C12H6ClN5O/c13-12-17-10-9(15-6-16-10)11(18-12)19-8-3-1-7(5-14)2-4-8/h1-4,6H,(H,15,16,17,18). The van der Waals surface area contributed by atoms with E-state index in [4.69, 9.17) is 21.6 Å². The lowest BCUT2D eigenvalue weighted by Gasteiger charge is -2.05. The van der Waals surface area contributed by atoms with Gasteiger partial charge < -0.3 is 9.72 Å². The molecule has 1 N–H and O–H groups in total. The summed E-state index contributed by atoms with van der Waals surface area (Å²) in [5, 5.41) is 8.78. The molecule has 0 bridgehead atoms. The molecule has 92 valence electrons. The van der Waals surface area contributed by atoms with E-state index in [0.29, 0.717) is 22.5 Å². The average Bonchev–Trinajstić information content (AvgIpc) is 2.88. The van der Waals surface area contributed by atoms with Gasteiger partial charge in [0.05, 0.1) is 18.0 Å². The van der Waals surface area contributed by atoms with E-state index in [1.165, 1.54) is 6.33 Å². The van der Waals surface area contributed by atoms with Crippen LogP contribution in [0.1, 0.15) is 5.56 Å². The summed E-state index contributed by atoms with van der Waals surface area (Å²) in [7, 11) is 0. The van der Waals surface area contributed by atoms with Gasteiger partial charge in [0.2, 0.25) is 11.2 Å². The van der Waals surface area contributed by atoms with Gasteiger partial charge in [0.1, 0.15) is 11.3 Å². The number of nitrogens with zero attached hydrogens (tertiary/aromatic N) is 4. The molecule has 0 aliphatic rings. The number of nitriles is 1. The summed E-state index contributed by atoms with van der Waals surface area (Å²) in [5.41, 5.74) is 1.55. The second-order valence-electron chi connectivity index (χ2n) is 3.64. The van der Waals surface area contributed by atoms with Crippen molar-refractivity contribution in [3.8, 4) is 17.7 Å². The lowest BCUT2D eigenvalue weighted by Crippen LogP contribution is -1.92. The van der Waals surface area contributed by atoms with Gasteiger partial charge in [-0.1, -0.05) is 0 Å². The van der Waals surface area contributed by atoms with Crippen LogP contribution in [-0.4, -0.2) is 19.9 Å². The quantitative estimate of drug-likeness (QED) is 0.724. The molecule has 0 saturated carbocycles. The molecule has 19 heavy (non-hydrogen) atoms. The Bertz CT molecular complexity index is 775. The van der Waals surface area contributed by atoms with E-state index in [1.54, 1.807) is 24.3 Å². The van der Waals surface area contributed by atoms with Crippen molar-refractivity contribution in [3.05, 3.63) is 41.4 Å². The first-order valence-electron chi connectivity index (χ1n) is 5.31. The monoisotopic (exact) mass is 271 g/mol. The second kappa shape index (κ2) is 4.55. The van der Waals surface area contributed by atoms with Crippen LogP contribution in [0, 0.1) is 11.3 Å². The third-order valence-electron chi connectivity index (χ3n) is 2.42. The molecule has 1 aromatic carbocycles. The number of ether oxygens (including phenoxy) is 1. The van der Waals surface area contributed by atoms with Crippen LogP contribution in [0.15, 0.2) is 30.6 Å². The molecule has 2 aromatic heterocycles. The van der Waals surface area contributed by atoms with Crippen molar-refractivity contribution in [2.75, 3.05) is 0 Å². The summed E-state index contributed by atoms with van der Waals surface area (Å²) in [6, 6.07) is 8.70. The summed E-state index contributed by atoms with van der Waals surface area (Å²) >= 11 is 5.80. The van der Waals surface area contributed by atoms with Crippen LogP contribution < -0.4 is 4.74 Å². The highest BCUT2D eigenvalue weighted by Gasteiger charge is 2.10. The summed E-state index contributed by atoms with van der Waals surface area (Å²) < 4.78 is 5.61. The van der Waals surface area contributed by atoms with E-state index in [2.05, 4.69) is 19.9 Å².